The van der Waals surface area contributed by atoms with Crippen LogP contribution in [0, 0.1) is 0 Å². The van der Waals surface area contributed by atoms with Crippen molar-refractivity contribution in [2.75, 3.05) is 11.9 Å². The van der Waals surface area contributed by atoms with Crippen molar-refractivity contribution in [1.82, 2.24) is 4.98 Å². The molecule has 0 fully saturated rings. The SMILES string of the molecule is CCOc1ccc(Cl)cc1NC(=O)c1c[nH]ccc1=O. The number of rotatable bonds is 4. The largest absolute Gasteiger partial charge is 0.492 e. The summed E-state index contributed by atoms with van der Waals surface area (Å²) < 4.78 is 5.40. The third-order valence-electron chi connectivity index (χ3n) is 2.56. The lowest BCUT2D eigenvalue weighted by atomic mass is 10.2. The van der Waals surface area contributed by atoms with Gasteiger partial charge < -0.3 is 15.0 Å². The second kappa shape index (κ2) is 6.25. The highest BCUT2D eigenvalue weighted by molar-refractivity contribution is 6.31. The Hall–Kier alpha value is -2.27. The summed E-state index contributed by atoms with van der Waals surface area (Å²) >= 11 is 5.90. The lowest BCUT2D eigenvalue weighted by Crippen LogP contribution is -2.21. The molecule has 2 rings (SSSR count). The maximum absolute atomic E-state index is 12.1. The lowest BCUT2D eigenvalue weighted by Gasteiger charge is -2.11. The summed E-state index contributed by atoms with van der Waals surface area (Å²) in [6.45, 7) is 2.29. The number of halogens is 1. The monoisotopic (exact) mass is 292 g/mol. The molecule has 0 aliphatic heterocycles. The normalized spacial score (nSPS) is 10.1. The highest BCUT2D eigenvalue weighted by atomic mass is 35.5. The van der Waals surface area contributed by atoms with E-state index in [1.807, 2.05) is 6.92 Å². The van der Waals surface area contributed by atoms with Gasteiger partial charge >= 0.3 is 0 Å². The van der Waals surface area contributed by atoms with Gasteiger partial charge in [0.05, 0.1) is 12.3 Å². The minimum Gasteiger partial charge on any atom is -0.492 e. The van der Waals surface area contributed by atoms with Gasteiger partial charge in [0.2, 0.25) is 0 Å². The first-order chi connectivity index (χ1) is 9.61. The zero-order valence-electron chi connectivity index (χ0n) is 10.8. The third-order valence-corrected chi connectivity index (χ3v) is 2.79. The molecular weight excluding hydrogens is 280 g/mol. The van der Waals surface area contributed by atoms with Crippen molar-refractivity contribution in [3.8, 4) is 5.75 Å². The number of aromatic nitrogens is 1. The summed E-state index contributed by atoms with van der Waals surface area (Å²) in [5.74, 6) is -0.0207. The van der Waals surface area contributed by atoms with Crippen molar-refractivity contribution < 1.29 is 9.53 Å². The molecular formula is C14H13ClN2O3. The zero-order valence-corrected chi connectivity index (χ0v) is 11.5. The number of H-pyrrole nitrogens is 1. The third kappa shape index (κ3) is 3.19. The number of nitrogens with one attached hydrogen (secondary N) is 2. The average Bonchev–Trinajstić information content (AvgIpc) is 2.42. The number of aromatic amines is 1. The standard InChI is InChI=1S/C14H13ClN2O3/c1-2-20-13-4-3-9(15)7-11(13)17-14(19)10-8-16-6-5-12(10)18/h3-8H,2H2,1H3,(H,16,18)(H,17,19). The first-order valence-electron chi connectivity index (χ1n) is 6.02. The van der Waals surface area contributed by atoms with Crippen LogP contribution in [0.3, 0.4) is 0 Å². The van der Waals surface area contributed by atoms with E-state index in [-0.39, 0.29) is 11.0 Å². The van der Waals surface area contributed by atoms with Crippen molar-refractivity contribution in [1.29, 1.82) is 0 Å². The maximum atomic E-state index is 12.1. The molecule has 0 aliphatic carbocycles. The first-order valence-corrected chi connectivity index (χ1v) is 6.40. The van der Waals surface area contributed by atoms with Crippen LogP contribution in [0.2, 0.25) is 5.02 Å². The smallest absolute Gasteiger partial charge is 0.261 e. The van der Waals surface area contributed by atoms with Crippen LogP contribution in [0.5, 0.6) is 5.75 Å². The molecule has 2 N–H and O–H groups in total. The van der Waals surface area contributed by atoms with Gasteiger partial charge in [0.15, 0.2) is 5.43 Å². The Balaban J connectivity index is 2.30. The average molecular weight is 293 g/mol. The fourth-order valence-corrected chi connectivity index (χ4v) is 1.84. The Morgan fingerprint density at radius 2 is 2.20 bits per heavy atom. The molecule has 1 amide bonds. The molecule has 0 unspecified atom stereocenters. The minimum absolute atomic E-state index is 0.0231. The second-order valence-corrected chi connectivity index (χ2v) is 4.39. The van der Waals surface area contributed by atoms with Crippen LogP contribution in [0.15, 0.2) is 41.5 Å². The molecule has 2 aromatic rings. The molecule has 104 valence electrons. The fraction of sp³-hybridized carbons (Fsp3) is 0.143. The number of carbonyl (C=O) groups excluding carboxylic acids is 1. The number of anilines is 1. The van der Waals surface area contributed by atoms with Crippen molar-refractivity contribution in [3.63, 3.8) is 0 Å². The molecule has 0 saturated carbocycles. The quantitative estimate of drug-likeness (QED) is 0.910. The van der Waals surface area contributed by atoms with Gasteiger partial charge in [-0.2, -0.15) is 0 Å². The number of hydrogen-bond acceptors (Lipinski definition) is 3. The van der Waals surface area contributed by atoms with Crippen molar-refractivity contribution >= 4 is 23.2 Å². The van der Waals surface area contributed by atoms with Gasteiger partial charge in [-0.3, -0.25) is 9.59 Å². The molecule has 0 aliphatic rings. The zero-order chi connectivity index (χ0) is 14.5. The van der Waals surface area contributed by atoms with Gasteiger partial charge in [-0.1, -0.05) is 11.6 Å². The Morgan fingerprint density at radius 3 is 2.90 bits per heavy atom. The van der Waals surface area contributed by atoms with E-state index in [9.17, 15) is 9.59 Å². The fourth-order valence-electron chi connectivity index (χ4n) is 1.66. The summed E-state index contributed by atoms with van der Waals surface area (Å²) in [6.07, 6.45) is 2.81. The number of amides is 1. The number of carbonyl (C=O) groups is 1. The molecule has 0 saturated heterocycles. The lowest BCUT2D eigenvalue weighted by molar-refractivity contribution is 0.102. The van der Waals surface area contributed by atoms with Gasteiger partial charge in [-0.05, 0) is 25.1 Å². The Morgan fingerprint density at radius 1 is 1.40 bits per heavy atom. The van der Waals surface area contributed by atoms with Crippen LogP contribution in [0.25, 0.3) is 0 Å². The van der Waals surface area contributed by atoms with Gasteiger partial charge in [-0.15, -0.1) is 0 Å². The molecule has 5 nitrogen and oxygen atoms in total. The Labute approximate surface area is 120 Å². The molecule has 1 aromatic heterocycles. The van der Waals surface area contributed by atoms with E-state index in [0.717, 1.165) is 0 Å². The molecule has 0 bridgehead atoms. The van der Waals surface area contributed by atoms with Gasteiger partial charge in [0.1, 0.15) is 11.3 Å². The summed E-state index contributed by atoms with van der Waals surface area (Å²) in [5, 5.41) is 3.09. The van der Waals surface area contributed by atoms with Crippen LogP contribution >= 0.6 is 11.6 Å². The van der Waals surface area contributed by atoms with Crippen molar-refractivity contribution in [2.45, 2.75) is 6.92 Å². The summed E-state index contributed by atoms with van der Waals surface area (Å²) in [4.78, 5) is 26.4. The van der Waals surface area contributed by atoms with E-state index < -0.39 is 5.91 Å². The van der Waals surface area contributed by atoms with Gasteiger partial charge in [0.25, 0.3) is 5.91 Å². The second-order valence-electron chi connectivity index (χ2n) is 3.95. The van der Waals surface area contributed by atoms with Crippen LogP contribution in [0.4, 0.5) is 5.69 Å². The van der Waals surface area contributed by atoms with E-state index in [0.29, 0.717) is 23.1 Å². The molecule has 20 heavy (non-hydrogen) atoms. The molecule has 0 spiro atoms. The van der Waals surface area contributed by atoms with Crippen molar-refractivity contribution in [2.24, 2.45) is 0 Å². The maximum Gasteiger partial charge on any atom is 0.261 e. The Kier molecular flexibility index (Phi) is 4.42. The molecule has 1 heterocycles. The van der Waals surface area contributed by atoms with E-state index in [1.54, 1.807) is 18.2 Å². The summed E-state index contributed by atoms with van der Waals surface area (Å²) in [6, 6.07) is 6.19. The van der Waals surface area contributed by atoms with E-state index >= 15 is 0 Å². The predicted octanol–water partition coefficient (Wildman–Crippen LogP) is 2.68. The molecule has 0 radical (unpaired) electrons. The van der Waals surface area contributed by atoms with Crippen LogP contribution in [0.1, 0.15) is 17.3 Å². The van der Waals surface area contributed by atoms with E-state index in [1.165, 1.54) is 18.5 Å². The first kappa shape index (κ1) is 14.1. The minimum atomic E-state index is -0.518. The Bertz CT molecular complexity index is 682. The summed E-state index contributed by atoms with van der Waals surface area (Å²) in [5.41, 5.74) is 0.0868. The van der Waals surface area contributed by atoms with Gasteiger partial charge in [0, 0.05) is 23.5 Å². The van der Waals surface area contributed by atoms with E-state index in [2.05, 4.69) is 10.3 Å². The van der Waals surface area contributed by atoms with Gasteiger partial charge in [-0.25, -0.2) is 0 Å². The van der Waals surface area contributed by atoms with Crippen LogP contribution < -0.4 is 15.5 Å². The number of ether oxygens (including phenoxy) is 1. The highest BCUT2D eigenvalue weighted by Crippen LogP contribution is 2.28. The number of hydrogen-bond donors (Lipinski definition) is 2. The van der Waals surface area contributed by atoms with Crippen LogP contribution in [-0.4, -0.2) is 17.5 Å². The number of pyridine rings is 1. The van der Waals surface area contributed by atoms with Crippen molar-refractivity contribution in [3.05, 3.63) is 57.5 Å². The van der Waals surface area contributed by atoms with E-state index in [4.69, 9.17) is 16.3 Å². The molecule has 6 heteroatoms. The molecule has 1 aromatic carbocycles. The number of benzene rings is 1. The summed E-state index contributed by atoms with van der Waals surface area (Å²) in [7, 11) is 0. The van der Waals surface area contributed by atoms with Crippen LogP contribution in [-0.2, 0) is 0 Å². The molecule has 0 atom stereocenters. The highest BCUT2D eigenvalue weighted by Gasteiger charge is 2.13. The topological polar surface area (TPSA) is 71.2 Å². The predicted molar refractivity (Wildman–Crippen MR) is 77.6 cm³/mol.